The number of aromatic amines is 1. The SMILES string of the molecule is Cc1oc(C)c(-c2[nH]nc(N)c2-c2cccc(F)c2)c1C. The lowest BCUT2D eigenvalue weighted by Gasteiger charge is -2.05. The van der Waals surface area contributed by atoms with Gasteiger partial charge >= 0.3 is 0 Å². The number of anilines is 1. The number of halogens is 1. The first-order chi connectivity index (χ1) is 9.99. The number of aromatic nitrogens is 2. The Morgan fingerprint density at radius 3 is 2.52 bits per heavy atom. The lowest BCUT2D eigenvalue weighted by atomic mass is 9.98. The molecule has 108 valence electrons. The lowest BCUT2D eigenvalue weighted by molar-refractivity contribution is 0.503. The molecule has 0 aliphatic carbocycles. The zero-order valence-corrected chi connectivity index (χ0v) is 12.1. The summed E-state index contributed by atoms with van der Waals surface area (Å²) in [4.78, 5) is 0. The molecule has 3 rings (SSSR count). The second kappa shape index (κ2) is 4.77. The van der Waals surface area contributed by atoms with Crippen LogP contribution in [0.1, 0.15) is 17.1 Å². The Hall–Kier alpha value is -2.56. The number of aryl methyl sites for hydroxylation is 2. The van der Waals surface area contributed by atoms with E-state index in [2.05, 4.69) is 10.2 Å². The highest BCUT2D eigenvalue weighted by Gasteiger charge is 2.21. The first-order valence-corrected chi connectivity index (χ1v) is 6.65. The molecule has 0 saturated carbocycles. The molecule has 0 aliphatic heterocycles. The molecule has 3 N–H and O–H groups in total. The van der Waals surface area contributed by atoms with Crippen LogP contribution in [0.15, 0.2) is 28.7 Å². The van der Waals surface area contributed by atoms with E-state index in [0.717, 1.165) is 28.3 Å². The number of rotatable bonds is 2. The monoisotopic (exact) mass is 285 g/mol. The van der Waals surface area contributed by atoms with Crippen LogP contribution in [0.4, 0.5) is 10.2 Å². The number of nitrogens with zero attached hydrogens (tertiary/aromatic N) is 1. The summed E-state index contributed by atoms with van der Waals surface area (Å²) in [5, 5.41) is 7.02. The van der Waals surface area contributed by atoms with Gasteiger partial charge < -0.3 is 10.2 Å². The van der Waals surface area contributed by atoms with Gasteiger partial charge in [-0.25, -0.2) is 4.39 Å². The molecule has 4 nitrogen and oxygen atoms in total. The fourth-order valence-corrected chi connectivity index (χ4v) is 2.63. The molecule has 21 heavy (non-hydrogen) atoms. The Balaban J connectivity index is 2.27. The highest BCUT2D eigenvalue weighted by Crippen LogP contribution is 2.39. The molecule has 0 atom stereocenters. The van der Waals surface area contributed by atoms with Crippen LogP contribution in [0.25, 0.3) is 22.4 Å². The highest BCUT2D eigenvalue weighted by molar-refractivity contribution is 5.89. The van der Waals surface area contributed by atoms with Crippen molar-refractivity contribution in [3.8, 4) is 22.4 Å². The van der Waals surface area contributed by atoms with Crippen molar-refractivity contribution in [1.82, 2.24) is 10.2 Å². The van der Waals surface area contributed by atoms with Gasteiger partial charge in [0.2, 0.25) is 0 Å². The Morgan fingerprint density at radius 1 is 1.14 bits per heavy atom. The number of nitrogens with two attached hydrogens (primary N) is 1. The summed E-state index contributed by atoms with van der Waals surface area (Å²) in [6, 6.07) is 6.31. The van der Waals surface area contributed by atoms with Crippen LogP contribution in [0.5, 0.6) is 0 Å². The second-order valence-electron chi connectivity index (χ2n) is 5.08. The molecule has 0 radical (unpaired) electrons. The average Bonchev–Trinajstić information content (AvgIpc) is 2.91. The topological polar surface area (TPSA) is 67.8 Å². The van der Waals surface area contributed by atoms with E-state index in [0.29, 0.717) is 16.9 Å². The van der Waals surface area contributed by atoms with Crippen LogP contribution < -0.4 is 5.73 Å². The summed E-state index contributed by atoms with van der Waals surface area (Å²) in [5.74, 6) is 1.66. The van der Waals surface area contributed by atoms with E-state index >= 15 is 0 Å². The van der Waals surface area contributed by atoms with Gasteiger partial charge in [-0.2, -0.15) is 5.10 Å². The van der Waals surface area contributed by atoms with E-state index in [1.807, 2.05) is 26.8 Å². The van der Waals surface area contributed by atoms with Gasteiger partial charge in [0.1, 0.15) is 17.3 Å². The molecule has 0 spiro atoms. The molecular formula is C16H16FN3O. The summed E-state index contributed by atoms with van der Waals surface area (Å²) in [7, 11) is 0. The van der Waals surface area contributed by atoms with E-state index in [-0.39, 0.29) is 5.82 Å². The number of benzene rings is 1. The number of hydrogen-bond donors (Lipinski definition) is 2. The maximum absolute atomic E-state index is 13.5. The van der Waals surface area contributed by atoms with Crippen LogP contribution in [-0.4, -0.2) is 10.2 Å². The molecule has 0 bridgehead atoms. The van der Waals surface area contributed by atoms with Crippen molar-refractivity contribution in [3.63, 3.8) is 0 Å². The maximum Gasteiger partial charge on any atom is 0.153 e. The summed E-state index contributed by atoms with van der Waals surface area (Å²) in [6.07, 6.45) is 0. The smallest absolute Gasteiger partial charge is 0.153 e. The van der Waals surface area contributed by atoms with Gasteiger partial charge in [0, 0.05) is 5.56 Å². The van der Waals surface area contributed by atoms with Crippen molar-refractivity contribution in [2.75, 3.05) is 5.73 Å². The van der Waals surface area contributed by atoms with Crippen LogP contribution in [-0.2, 0) is 0 Å². The van der Waals surface area contributed by atoms with Gasteiger partial charge in [0.15, 0.2) is 5.82 Å². The summed E-state index contributed by atoms with van der Waals surface area (Å²) in [5.41, 5.74) is 10.1. The second-order valence-corrected chi connectivity index (χ2v) is 5.08. The number of hydrogen-bond acceptors (Lipinski definition) is 3. The minimum atomic E-state index is -0.309. The normalized spacial score (nSPS) is 11.0. The molecular weight excluding hydrogens is 269 g/mol. The maximum atomic E-state index is 13.5. The van der Waals surface area contributed by atoms with Gasteiger partial charge in [0.05, 0.1) is 11.3 Å². The Labute approximate surface area is 121 Å². The van der Waals surface area contributed by atoms with Crippen molar-refractivity contribution >= 4 is 5.82 Å². The zero-order valence-electron chi connectivity index (χ0n) is 12.1. The Kier molecular flexibility index (Phi) is 3.05. The van der Waals surface area contributed by atoms with E-state index in [1.165, 1.54) is 12.1 Å². The van der Waals surface area contributed by atoms with Gasteiger partial charge in [-0.15, -0.1) is 0 Å². The molecule has 5 heteroatoms. The fourth-order valence-electron chi connectivity index (χ4n) is 2.63. The molecule has 2 aromatic heterocycles. The Morgan fingerprint density at radius 2 is 1.90 bits per heavy atom. The molecule has 1 aromatic carbocycles. The Bertz CT molecular complexity index is 817. The van der Waals surface area contributed by atoms with Crippen molar-refractivity contribution < 1.29 is 8.81 Å². The fraction of sp³-hybridized carbons (Fsp3) is 0.188. The number of nitrogen functional groups attached to an aromatic ring is 1. The van der Waals surface area contributed by atoms with Gasteiger partial charge in [-0.3, -0.25) is 5.10 Å². The largest absolute Gasteiger partial charge is 0.466 e. The first kappa shape index (κ1) is 13.4. The van der Waals surface area contributed by atoms with E-state index < -0.39 is 0 Å². The highest BCUT2D eigenvalue weighted by atomic mass is 19.1. The van der Waals surface area contributed by atoms with Crippen LogP contribution in [0, 0.1) is 26.6 Å². The van der Waals surface area contributed by atoms with Gasteiger partial charge in [0.25, 0.3) is 0 Å². The van der Waals surface area contributed by atoms with Gasteiger partial charge in [-0.1, -0.05) is 12.1 Å². The predicted molar refractivity (Wildman–Crippen MR) is 80.3 cm³/mol. The molecule has 3 aromatic rings. The number of nitrogens with one attached hydrogen (secondary N) is 1. The van der Waals surface area contributed by atoms with Crippen molar-refractivity contribution in [1.29, 1.82) is 0 Å². The predicted octanol–water partition coefficient (Wildman–Crippen LogP) is 3.98. The lowest BCUT2D eigenvalue weighted by Crippen LogP contribution is -1.90. The molecule has 0 unspecified atom stereocenters. The van der Waals surface area contributed by atoms with E-state index in [9.17, 15) is 4.39 Å². The molecule has 0 fully saturated rings. The third kappa shape index (κ3) is 2.11. The van der Waals surface area contributed by atoms with Crippen LogP contribution in [0.3, 0.4) is 0 Å². The standard InChI is InChI=1S/C16H16FN3O/c1-8-9(2)21-10(3)13(8)15-14(16(18)20-19-15)11-5-4-6-12(17)7-11/h4-7H,1-3H3,(H3,18,19,20). The summed E-state index contributed by atoms with van der Waals surface area (Å²) >= 11 is 0. The number of H-pyrrole nitrogens is 1. The quantitative estimate of drug-likeness (QED) is 0.748. The first-order valence-electron chi connectivity index (χ1n) is 6.65. The minimum absolute atomic E-state index is 0.309. The molecule has 0 amide bonds. The van der Waals surface area contributed by atoms with Crippen molar-refractivity contribution in [3.05, 3.63) is 47.2 Å². The van der Waals surface area contributed by atoms with Crippen LogP contribution in [0.2, 0.25) is 0 Å². The van der Waals surface area contributed by atoms with E-state index in [1.54, 1.807) is 6.07 Å². The third-order valence-corrected chi connectivity index (χ3v) is 3.72. The average molecular weight is 285 g/mol. The van der Waals surface area contributed by atoms with Crippen molar-refractivity contribution in [2.45, 2.75) is 20.8 Å². The molecule has 2 heterocycles. The summed E-state index contributed by atoms with van der Waals surface area (Å²) in [6.45, 7) is 5.78. The van der Waals surface area contributed by atoms with Crippen molar-refractivity contribution in [2.24, 2.45) is 0 Å². The molecule has 0 aliphatic rings. The van der Waals surface area contributed by atoms with Crippen LogP contribution >= 0.6 is 0 Å². The minimum Gasteiger partial charge on any atom is -0.466 e. The zero-order chi connectivity index (χ0) is 15.1. The summed E-state index contributed by atoms with van der Waals surface area (Å²) < 4.78 is 19.2. The molecule has 0 saturated heterocycles. The third-order valence-electron chi connectivity index (χ3n) is 3.72. The van der Waals surface area contributed by atoms with Gasteiger partial charge in [-0.05, 0) is 44.0 Å². The van der Waals surface area contributed by atoms with E-state index in [4.69, 9.17) is 10.2 Å². The number of furan rings is 1.